The fourth-order valence-corrected chi connectivity index (χ4v) is 2.49. The van der Waals surface area contributed by atoms with E-state index in [9.17, 15) is 4.79 Å². The predicted molar refractivity (Wildman–Crippen MR) is 81.5 cm³/mol. The third-order valence-electron chi connectivity index (χ3n) is 2.62. The summed E-state index contributed by atoms with van der Waals surface area (Å²) in [5, 5.41) is 9.05. The summed E-state index contributed by atoms with van der Waals surface area (Å²) in [6, 6.07) is 5.47. The molecule has 0 bridgehead atoms. The highest BCUT2D eigenvalue weighted by Gasteiger charge is 2.06. The van der Waals surface area contributed by atoms with Crippen LogP contribution in [0.25, 0.3) is 0 Å². The van der Waals surface area contributed by atoms with Gasteiger partial charge in [-0.15, -0.1) is 11.3 Å². The zero-order valence-corrected chi connectivity index (χ0v) is 12.5. The molecule has 0 unspecified atom stereocenters. The van der Waals surface area contributed by atoms with Crippen molar-refractivity contribution in [1.82, 2.24) is 4.98 Å². The number of anilines is 2. The van der Waals surface area contributed by atoms with Gasteiger partial charge in [0, 0.05) is 23.7 Å². The second kappa shape index (κ2) is 6.38. The van der Waals surface area contributed by atoms with Gasteiger partial charge in [0.2, 0.25) is 5.91 Å². The summed E-state index contributed by atoms with van der Waals surface area (Å²) in [6.45, 7) is 4.08. The summed E-state index contributed by atoms with van der Waals surface area (Å²) in [7, 11) is 1.62. The van der Waals surface area contributed by atoms with Gasteiger partial charge in [-0.05, 0) is 25.1 Å². The molecule has 0 atom stereocenters. The summed E-state index contributed by atoms with van der Waals surface area (Å²) in [5.41, 5.74) is 2.58. The van der Waals surface area contributed by atoms with Crippen molar-refractivity contribution in [1.29, 1.82) is 0 Å². The Morgan fingerprint density at radius 1 is 1.45 bits per heavy atom. The van der Waals surface area contributed by atoms with Crippen molar-refractivity contribution in [2.75, 3.05) is 17.7 Å². The normalized spacial score (nSPS) is 10.2. The Balaban J connectivity index is 2.13. The van der Waals surface area contributed by atoms with Crippen LogP contribution < -0.4 is 15.4 Å². The molecule has 1 amide bonds. The molecule has 0 saturated heterocycles. The van der Waals surface area contributed by atoms with E-state index < -0.39 is 0 Å². The number of hydrogen-bond acceptors (Lipinski definition) is 5. The third-order valence-corrected chi connectivity index (χ3v) is 3.58. The van der Waals surface area contributed by atoms with Crippen LogP contribution in [0.15, 0.2) is 23.6 Å². The van der Waals surface area contributed by atoms with Crippen molar-refractivity contribution >= 4 is 28.6 Å². The van der Waals surface area contributed by atoms with Crippen LogP contribution in [0.1, 0.15) is 17.6 Å². The molecule has 2 aromatic rings. The summed E-state index contributed by atoms with van der Waals surface area (Å²) in [5.74, 6) is 0.629. The molecule has 1 aromatic heterocycles. The van der Waals surface area contributed by atoms with Crippen LogP contribution in [0.2, 0.25) is 0 Å². The minimum absolute atomic E-state index is 0.100. The largest absolute Gasteiger partial charge is 0.495 e. The number of thiazole rings is 1. The highest BCUT2D eigenvalue weighted by molar-refractivity contribution is 7.09. The van der Waals surface area contributed by atoms with E-state index in [-0.39, 0.29) is 5.91 Å². The fraction of sp³-hybridized carbons (Fsp3) is 0.286. The van der Waals surface area contributed by atoms with Gasteiger partial charge in [0.15, 0.2) is 0 Å². The number of hydrogen-bond donors (Lipinski definition) is 2. The molecule has 2 N–H and O–H groups in total. The second-order valence-corrected chi connectivity index (χ2v) is 5.28. The van der Waals surface area contributed by atoms with Crippen LogP contribution in [0, 0.1) is 6.92 Å². The lowest BCUT2D eigenvalue weighted by Crippen LogP contribution is -2.07. The number of benzene rings is 1. The lowest BCUT2D eigenvalue weighted by atomic mass is 10.2. The molecule has 0 saturated carbocycles. The van der Waals surface area contributed by atoms with Gasteiger partial charge in [-0.1, -0.05) is 0 Å². The average molecular weight is 291 g/mol. The van der Waals surface area contributed by atoms with Gasteiger partial charge in [-0.3, -0.25) is 4.79 Å². The van der Waals surface area contributed by atoms with Crippen molar-refractivity contribution in [2.24, 2.45) is 0 Å². The zero-order valence-electron chi connectivity index (χ0n) is 11.7. The van der Waals surface area contributed by atoms with E-state index in [1.165, 1.54) is 6.92 Å². The topological polar surface area (TPSA) is 63.2 Å². The molecule has 0 radical (unpaired) electrons. The first kappa shape index (κ1) is 14.3. The number of amides is 1. The van der Waals surface area contributed by atoms with E-state index >= 15 is 0 Å². The van der Waals surface area contributed by atoms with Crippen LogP contribution in [-0.2, 0) is 11.3 Å². The lowest BCUT2D eigenvalue weighted by Gasteiger charge is -2.12. The molecule has 0 aliphatic heterocycles. The number of nitrogens with one attached hydrogen (secondary N) is 2. The molecule has 0 aliphatic rings. The molecule has 0 spiro atoms. The van der Waals surface area contributed by atoms with Crippen molar-refractivity contribution in [3.8, 4) is 5.75 Å². The van der Waals surface area contributed by atoms with Gasteiger partial charge in [0.25, 0.3) is 0 Å². The summed E-state index contributed by atoms with van der Waals surface area (Å²) in [6.07, 6.45) is 0. The minimum Gasteiger partial charge on any atom is -0.495 e. The van der Waals surface area contributed by atoms with Crippen LogP contribution in [-0.4, -0.2) is 18.0 Å². The van der Waals surface area contributed by atoms with Crippen LogP contribution in [0.4, 0.5) is 11.4 Å². The Morgan fingerprint density at radius 2 is 2.25 bits per heavy atom. The van der Waals surface area contributed by atoms with Crippen molar-refractivity contribution < 1.29 is 9.53 Å². The van der Waals surface area contributed by atoms with E-state index in [0.717, 1.165) is 27.8 Å². The molecule has 0 aliphatic carbocycles. The van der Waals surface area contributed by atoms with E-state index in [1.807, 2.05) is 24.4 Å². The Morgan fingerprint density at radius 3 is 2.85 bits per heavy atom. The molecule has 20 heavy (non-hydrogen) atoms. The van der Waals surface area contributed by atoms with Crippen LogP contribution >= 0.6 is 11.3 Å². The number of nitrogens with zero attached hydrogens (tertiary/aromatic N) is 1. The van der Waals surface area contributed by atoms with Crippen molar-refractivity contribution in [3.63, 3.8) is 0 Å². The lowest BCUT2D eigenvalue weighted by molar-refractivity contribution is -0.114. The first-order chi connectivity index (χ1) is 9.58. The number of carbonyl (C=O) groups excluding carboxylic acids is 1. The predicted octanol–water partition coefficient (Wildman–Crippen LogP) is 3.03. The molecule has 6 heteroatoms. The average Bonchev–Trinajstić information content (AvgIpc) is 2.82. The highest BCUT2D eigenvalue weighted by Crippen LogP contribution is 2.28. The molecule has 1 heterocycles. The summed E-state index contributed by atoms with van der Waals surface area (Å²) in [4.78, 5) is 15.5. The van der Waals surface area contributed by atoms with Gasteiger partial charge in [0.1, 0.15) is 10.8 Å². The summed E-state index contributed by atoms with van der Waals surface area (Å²) < 4.78 is 5.31. The Hall–Kier alpha value is -2.08. The fourth-order valence-electron chi connectivity index (χ4n) is 1.78. The number of ether oxygens (including phenoxy) is 1. The van der Waals surface area contributed by atoms with Crippen LogP contribution in [0.3, 0.4) is 0 Å². The maximum absolute atomic E-state index is 11.1. The van der Waals surface area contributed by atoms with Gasteiger partial charge in [0.05, 0.1) is 19.3 Å². The minimum atomic E-state index is -0.100. The van der Waals surface area contributed by atoms with Crippen molar-refractivity contribution in [3.05, 3.63) is 34.3 Å². The zero-order chi connectivity index (χ0) is 14.5. The van der Waals surface area contributed by atoms with E-state index in [0.29, 0.717) is 6.54 Å². The molecular weight excluding hydrogens is 274 g/mol. The molecular formula is C14H17N3O2S. The standard InChI is InChI=1S/C14H17N3O2S/c1-9-8-20-14(16-9)7-15-12-6-11(17-10(2)18)4-5-13(12)19-3/h4-6,8,15H,7H2,1-3H3,(H,17,18). The molecule has 5 nitrogen and oxygen atoms in total. The first-order valence-corrected chi connectivity index (χ1v) is 7.07. The van der Waals surface area contributed by atoms with Crippen LogP contribution in [0.5, 0.6) is 5.75 Å². The maximum Gasteiger partial charge on any atom is 0.221 e. The number of rotatable bonds is 5. The summed E-state index contributed by atoms with van der Waals surface area (Å²) >= 11 is 1.61. The first-order valence-electron chi connectivity index (χ1n) is 6.19. The number of carbonyl (C=O) groups is 1. The Kier molecular flexibility index (Phi) is 4.57. The van der Waals surface area contributed by atoms with Crippen molar-refractivity contribution in [2.45, 2.75) is 20.4 Å². The monoisotopic (exact) mass is 291 g/mol. The smallest absolute Gasteiger partial charge is 0.221 e. The molecule has 1 aromatic carbocycles. The number of aromatic nitrogens is 1. The molecule has 0 fully saturated rings. The van der Waals surface area contributed by atoms with Gasteiger partial charge < -0.3 is 15.4 Å². The number of methoxy groups -OCH3 is 1. The van der Waals surface area contributed by atoms with Gasteiger partial charge in [-0.25, -0.2) is 4.98 Å². The van der Waals surface area contributed by atoms with E-state index in [2.05, 4.69) is 15.6 Å². The van der Waals surface area contributed by atoms with Gasteiger partial charge in [-0.2, -0.15) is 0 Å². The van der Waals surface area contributed by atoms with E-state index in [1.54, 1.807) is 24.5 Å². The van der Waals surface area contributed by atoms with E-state index in [4.69, 9.17) is 4.74 Å². The quantitative estimate of drug-likeness (QED) is 0.889. The maximum atomic E-state index is 11.1. The van der Waals surface area contributed by atoms with Gasteiger partial charge >= 0.3 is 0 Å². The third kappa shape index (κ3) is 3.71. The Bertz CT molecular complexity index is 610. The highest BCUT2D eigenvalue weighted by atomic mass is 32.1. The molecule has 106 valence electrons. The SMILES string of the molecule is COc1ccc(NC(C)=O)cc1NCc1nc(C)cs1. The molecule has 2 rings (SSSR count). The second-order valence-electron chi connectivity index (χ2n) is 4.33. The number of aryl methyl sites for hydroxylation is 1. The Labute approximate surface area is 122 Å².